The number of thiophene rings is 1. The quantitative estimate of drug-likeness (QED) is 0.466. The summed E-state index contributed by atoms with van der Waals surface area (Å²) in [6.45, 7) is 4.50. The molecule has 0 saturated heterocycles. The summed E-state index contributed by atoms with van der Waals surface area (Å²) in [5.74, 6) is 1.85. The van der Waals surface area contributed by atoms with Crippen molar-refractivity contribution in [1.82, 2.24) is 9.78 Å². The van der Waals surface area contributed by atoms with E-state index in [9.17, 15) is 4.79 Å². The first kappa shape index (κ1) is 19.0. The number of nitrogens with one attached hydrogen (secondary N) is 1. The fraction of sp³-hybridized carbons (Fsp3) is 0.182. The minimum atomic E-state index is -0.173. The van der Waals surface area contributed by atoms with E-state index in [1.807, 2.05) is 75.5 Å². The number of hydrogen-bond donors (Lipinski definition) is 1. The first-order chi connectivity index (χ1) is 14.0. The van der Waals surface area contributed by atoms with Gasteiger partial charge >= 0.3 is 0 Å². The van der Waals surface area contributed by atoms with Gasteiger partial charge in [0, 0.05) is 12.4 Å². The fourth-order valence-corrected chi connectivity index (χ4v) is 4.08. The third-order valence-electron chi connectivity index (χ3n) is 4.42. The summed E-state index contributed by atoms with van der Waals surface area (Å²) in [6, 6.07) is 16.6. The Morgan fingerprint density at radius 3 is 2.59 bits per heavy atom. The summed E-state index contributed by atoms with van der Waals surface area (Å²) in [7, 11) is 1.88. The van der Waals surface area contributed by atoms with Gasteiger partial charge in [-0.2, -0.15) is 5.10 Å². The van der Waals surface area contributed by atoms with Gasteiger partial charge in [0.1, 0.15) is 16.3 Å². The van der Waals surface area contributed by atoms with Crippen molar-refractivity contribution in [2.75, 3.05) is 11.9 Å². The first-order valence-electron chi connectivity index (χ1n) is 9.29. The smallest absolute Gasteiger partial charge is 0.265 e. The van der Waals surface area contributed by atoms with Crippen molar-refractivity contribution in [1.29, 1.82) is 0 Å². The van der Waals surface area contributed by atoms with E-state index in [1.165, 1.54) is 11.3 Å². The van der Waals surface area contributed by atoms with Gasteiger partial charge in [-0.15, -0.1) is 11.3 Å². The summed E-state index contributed by atoms with van der Waals surface area (Å²) in [6.07, 6.45) is 0. The summed E-state index contributed by atoms with van der Waals surface area (Å²) >= 11 is 1.42. The monoisotopic (exact) mass is 407 g/mol. The Hall–Kier alpha value is -3.32. The number of amides is 1. The van der Waals surface area contributed by atoms with Gasteiger partial charge in [-0.1, -0.05) is 12.1 Å². The molecule has 0 radical (unpaired) electrons. The predicted molar refractivity (Wildman–Crippen MR) is 115 cm³/mol. The van der Waals surface area contributed by atoms with Crippen LogP contribution >= 0.6 is 11.3 Å². The first-order valence-corrected chi connectivity index (χ1v) is 10.1. The number of carbonyl (C=O) groups excluding carboxylic acids is 1. The molecule has 0 aliphatic carbocycles. The number of benzene rings is 2. The Morgan fingerprint density at radius 1 is 1.14 bits per heavy atom. The number of aryl methyl sites for hydroxylation is 2. The van der Waals surface area contributed by atoms with Gasteiger partial charge in [0.25, 0.3) is 5.91 Å². The zero-order valence-corrected chi connectivity index (χ0v) is 17.2. The number of rotatable bonds is 6. The topological polar surface area (TPSA) is 65.4 Å². The van der Waals surface area contributed by atoms with Crippen molar-refractivity contribution in [2.45, 2.75) is 13.8 Å². The number of carbonyl (C=O) groups is 1. The van der Waals surface area contributed by atoms with Gasteiger partial charge in [0.2, 0.25) is 0 Å². The molecule has 4 rings (SSSR count). The average molecular weight is 407 g/mol. The lowest BCUT2D eigenvalue weighted by Gasteiger charge is -2.12. The SMILES string of the molecule is CCOc1ccc(Oc2ccccc2NC(=O)c2cc3c(C)nn(C)c3s2)cc1. The highest BCUT2D eigenvalue weighted by Gasteiger charge is 2.16. The second-order valence-electron chi connectivity index (χ2n) is 6.50. The number of hydrogen-bond acceptors (Lipinski definition) is 5. The van der Waals surface area contributed by atoms with Crippen molar-refractivity contribution >= 4 is 33.1 Å². The van der Waals surface area contributed by atoms with Crippen LogP contribution in [0.25, 0.3) is 10.2 Å². The van der Waals surface area contributed by atoms with Crippen LogP contribution in [0.2, 0.25) is 0 Å². The molecule has 7 heteroatoms. The van der Waals surface area contributed by atoms with Crippen LogP contribution in [0.3, 0.4) is 0 Å². The Labute approximate surface area is 172 Å². The number of nitrogens with zero attached hydrogens (tertiary/aromatic N) is 2. The van der Waals surface area contributed by atoms with Gasteiger partial charge in [-0.3, -0.25) is 9.48 Å². The molecule has 1 amide bonds. The van der Waals surface area contributed by atoms with E-state index in [0.29, 0.717) is 28.7 Å². The highest BCUT2D eigenvalue weighted by Crippen LogP contribution is 2.32. The number of aromatic nitrogens is 2. The van der Waals surface area contributed by atoms with Crippen LogP contribution in [0.4, 0.5) is 5.69 Å². The maximum atomic E-state index is 12.8. The normalized spacial score (nSPS) is 10.9. The van der Waals surface area contributed by atoms with Gasteiger partial charge in [0.15, 0.2) is 5.75 Å². The molecule has 0 aliphatic heterocycles. The average Bonchev–Trinajstić information content (AvgIpc) is 3.27. The van der Waals surface area contributed by atoms with Gasteiger partial charge in [-0.05, 0) is 56.3 Å². The molecular formula is C22H21N3O3S. The van der Waals surface area contributed by atoms with Gasteiger partial charge < -0.3 is 14.8 Å². The van der Waals surface area contributed by atoms with Crippen LogP contribution < -0.4 is 14.8 Å². The van der Waals surface area contributed by atoms with Crippen LogP contribution in [0.1, 0.15) is 22.3 Å². The van der Waals surface area contributed by atoms with E-state index in [4.69, 9.17) is 9.47 Å². The van der Waals surface area contributed by atoms with Crippen LogP contribution in [0.15, 0.2) is 54.6 Å². The number of para-hydroxylation sites is 2. The Kier molecular flexibility index (Phi) is 5.22. The molecule has 2 aromatic carbocycles. The van der Waals surface area contributed by atoms with E-state index in [2.05, 4.69) is 10.4 Å². The highest BCUT2D eigenvalue weighted by atomic mass is 32.1. The van der Waals surface area contributed by atoms with Crippen molar-refractivity contribution in [2.24, 2.45) is 7.05 Å². The van der Waals surface area contributed by atoms with E-state index >= 15 is 0 Å². The Balaban J connectivity index is 1.54. The second-order valence-corrected chi connectivity index (χ2v) is 7.53. The fourth-order valence-electron chi connectivity index (χ4n) is 3.06. The molecule has 6 nitrogen and oxygen atoms in total. The molecule has 148 valence electrons. The number of ether oxygens (including phenoxy) is 2. The van der Waals surface area contributed by atoms with Crippen molar-refractivity contribution in [3.05, 3.63) is 65.2 Å². The lowest BCUT2D eigenvalue weighted by molar-refractivity contribution is 0.103. The lowest BCUT2D eigenvalue weighted by atomic mass is 10.2. The Morgan fingerprint density at radius 2 is 1.86 bits per heavy atom. The maximum Gasteiger partial charge on any atom is 0.265 e. The minimum Gasteiger partial charge on any atom is -0.494 e. The molecule has 2 aromatic heterocycles. The zero-order chi connectivity index (χ0) is 20.4. The summed E-state index contributed by atoms with van der Waals surface area (Å²) < 4.78 is 13.2. The van der Waals surface area contributed by atoms with Crippen LogP contribution in [0.5, 0.6) is 17.2 Å². The van der Waals surface area contributed by atoms with Crippen LogP contribution in [0, 0.1) is 6.92 Å². The van der Waals surface area contributed by atoms with Crippen molar-refractivity contribution in [3.63, 3.8) is 0 Å². The van der Waals surface area contributed by atoms with Crippen LogP contribution in [-0.2, 0) is 7.05 Å². The predicted octanol–water partition coefficient (Wildman–Crippen LogP) is 5.39. The molecule has 0 saturated carbocycles. The molecule has 0 unspecified atom stereocenters. The second kappa shape index (κ2) is 7.97. The van der Waals surface area contributed by atoms with E-state index in [1.54, 1.807) is 4.68 Å². The van der Waals surface area contributed by atoms with Crippen molar-refractivity contribution in [3.8, 4) is 17.2 Å². The standard InChI is InChI=1S/C22H21N3O3S/c1-4-27-15-9-11-16(12-10-15)28-19-8-6-5-7-18(19)23-21(26)20-13-17-14(2)24-25(3)22(17)29-20/h5-13H,4H2,1-3H3,(H,23,26). The maximum absolute atomic E-state index is 12.8. The molecule has 0 atom stereocenters. The molecule has 1 N–H and O–H groups in total. The number of fused-ring (bicyclic) bond motifs is 1. The third kappa shape index (κ3) is 3.95. The van der Waals surface area contributed by atoms with Crippen LogP contribution in [-0.4, -0.2) is 22.3 Å². The summed E-state index contributed by atoms with van der Waals surface area (Å²) in [4.78, 5) is 14.4. The molecule has 0 spiro atoms. The molecule has 0 bridgehead atoms. The lowest BCUT2D eigenvalue weighted by Crippen LogP contribution is -2.10. The molecule has 0 fully saturated rings. The Bertz CT molecular complexity index is 1130. The minimum absolute atomic E-state index is 0.173. The summed E-state index contributed by atoms with van der Waals surface area (Å²) in [5, 5.41) is 8.34. The summed E-state index contributed by atoms with van der Waals surface area (Å²) in [5.41, 5.74) is 1.52. The third-order valence-corrected chi connectivity index (χ3v) is 5.62. The largest absolute Gasteiger partial charge is 0.494 e. The van der Waals surface area contributed by atoms with Gasteiger partial charge in [-0.25, -0.2) is 0 Å². The number of anilines is 1. The molecule has 29 heavy (non-hydrogen) atoms. The van der Waals surface area contributed by atoms with E-state index in [0.717, 1.165) is 21.7 Å². The highest BCUT2D eigenvalue weighted by molar-refractivity contribution is 7.20. The molecule has 4 aromatic rings. The molecular weight excluding hydrogens is 386 g/mol. The van der Waals surface area contributed by atoms with Gasteiger partial charge in [0.05, 0.1) is 22.9 Å². The molecule has 2 heterocycles. The molecule has 0 aliphatic rings. The van der Waals surface area contributed by atoms with E-state index < -0.39 is 0 Å². The zero-order valence-electron chi connectivity index (χ0n) is 16.4. The van der Waals surface area contributed by atoms with Crippen molar-refractivity contribution < 1.29 is 14.3 Å². The van der Waals surface area contributed by atoms with E-state index in [-0.39, 0.29) is 5.91 Å².